The van der Waals surface area contributed by atoms with Crippen molar-refractivity contribution in [2.75, 3.05) is 6.61 Å². The van der Waals surface area contributed by atoms with E-state index in [1.54, 1.807) is 6.92 Å². The highest BCUT2D eigenvalue weighted by Gasteiger charge is 2.15. The Hall–Kier alpha value is -1.45. The van der Waals surface area contributed by atoms with E-state index >= 15 is 0 Å². The Labute approximate surface area is 74.1 Å². The average Bonchev–Trinajstić information content (AvgIpc) is 2.10. The van der Waals surface area contributed by atoms with Crippen LogP contribution >= 0.6 is 0 Å². The Morgan fingerprint density at radius 3 is 2.77 bits per heavy atom. The molecule has 1 rings (SSSR count). The van der Waals surface area contributed by atoms with Crippen molar-refractivity contribution >= 4 is 5.97 Å². The van der Waals surface area contributed by atoms with Gasteiger partial charge < -0.3 is 4.74 Å². The monoisotopic (exact) mass is 186 g/mol. The second-order valence-electron chi connectivity index (χ2n) is 2.32. The topological polar surface area (TPSA) is 26.3 Å². The zero-order valence-corrected chi connectivity index (χ0v) is 7.01. The summed E-state index contributed by atoms with van der Waals surface area (Å²) in [5.74, 6) is -3.06. The number of ether oxygens (including phenoxy) is 1. The maximum absolute atomic E-state index is 12.9. The minimum atomic E-state index is -1.17. The van der Waals surface area contributed by atoms with E-state index in [9.17, 15) is 13.6 Å². The van der Waals surface area contributed by atoms with E-state index < -0.39 is 17.6 Å². The lowest BCUT2D eigenvalue weighted by Gasteiger charge is -2.02. The van der Waals surface area contributed by atoms with Gasteiger partial charge in [0.05, 0.1) is 12.2 Å². The van der Waals surface area contributed by atoms with Crippen LogP contribution in [0.15, 0.2) is 18.2 Å². The summed E-state index contributed by atoms with van der Waals surface area (Å²) < 4.78 is 30.0. The molecule has 2 nitrogen and oxygen atoms in total. The fourth-order valence-electron chi connectivity index (χ4n) is 0.870. The summed E-state index contributed by atoms with van der Waals surface area (Å²) in [7, 11) is 0. The summed E-state index contributed by atoms with van der Waals surface area (Å²) in [6.07, 6.45) is 0. The summed E-state index contributed by atoms with van der Waals surface area (Å²) in [6.45, 7) is 1.73. The molecule has 0 atom stereocenters. The molecule has 4 heteroatoms. The zero-order chi connectivity index (χ0) is 9.84. The molecule has 0 amide bonds. The molecule has 0 radical (unpaired) electrons. The fraction of sp³-hybridized carbons (Fsp3) is 0.222. The predicted molar refractivity (Wildman–Crippen MR) is 42.3 cm³/mol. The number of esters is 1. The second kappa shape index (κ2) is 3.98. The molecule has 0 bridgehead atoms. The van der Waals surface area contributed by atoms with Crippen molar-refractivity contribution in [1.29, 1.82) is 0 Å². The lowest BCUT2D eigenvalue weighted by molar-refractivity contribution is 0.0520. The Morgan fingerprint density at radius 2 is 2.15 bits per heavy atom. The van der Waals surface area contributed by atoms with Gasteiger partial charge in [-0.2, -0.15) is 0 Å². The van der Waals surface area contributed by atoms with E-state index in [-0.39, 0.29) is 12.2 Å². The Bertz CT molecular complexity index is 323. The van der Waals surface area contributed by atoms with Crippen LogP contribution in [-0.2, 0) is 4.74 Å². The van der Waals surface area contributed by atoms with Crippen LogP contribution in [0.2, 0.25) is 0 Å². The first-order chi connectivity index (χ1) is 6.16. The SMILES string of the molecule is CCOC(=O)c1cccc(F)c1F. The molecule has 13 heavy (non-hydrogen) atoms. The molecule has 0 aromatic heterocycles. The first-order valence-corrected chi connectivity index (χ1v) is 3.78. The quantitative estimate of drug-likeness (QED) is 0.661. The Kier molecular flexibility index (Phi) is 2.95. The first-order valence-electron chi connectivity index (χ1n) is 3.78. The minimum Gasteiger partial charge on any atom is -0.462 e. The third-order valence-electron chi connectivity index (χ3n) is 1.45. The summed E-state index contributed by atoms with van der Waals surface area (Å²) in [6, 6.07) is 3.37. The Morgan fingerprint density at radius 1 is 1.46 bits per heavy atom. The molecule has 1 aromatic rings. The van der Waals surface area contributed by atoms with E-state index in [2.05, 4.69) is 4.74 Å². The van der Waals surface area contributed by atoms with Crippen molar-refractivity contribution in [2.45, 2.75) is 6.92 Å². The molecule has 0 aliphatic heterocycles. The number of hydrogen-bond acceptors (Lipinski definition) is 2. The van der Waals surface area contributed by atoms with Crippen molar-refractivity contribution in [1.82, 2.24) is 0 Å². The van der Waals surface area contributed by atoms with Crippen LogP contribution in [0.5, 0.6) is 0 Å². The highest BCUT2D eigenvalue weighted by atomic mass is 19.2. The number of hydrogen-bond donors (Lipinski definition) is 0. The predicted octanol–water partition coefficient (Wildman–Crippen LogP) is 2.14. The van der Waals surface area contributed by atoms with Gasteiger partial charge in [-0.15, -0.1) is 0 Å². The second-order valence-corrected chi connectivity index (χ2v) is 2.32. The first kappa shape index (κ1) is 9.64. The van der Waals surface area contributed by atoms with Crippen molar-refractivity contribution in [2.24, 2.45) is 0 Å². The molecule has 0 aliphatic rings. The van der Waals surface area contributed by atoms with Crippen LogP contribution in [-0.4, -0.2) is 12.6 Å². The van der Waals surface area contributed by atoms with Crippen LogP contribution in [0, 0.1) is 11.6 Å². The highest BCUT2D eigenvalue weighted by molar-refractivity contribution is 5.89. The van der Waals surface area contributed by atoms with E-state index in [0.29, 0.717) is 0 Å². The molecule has 0 saturated carbocycles. The summed E-state index contributed by atoms with van der Waals surface area (Å²) >= 11 is 0. The van der Waals surface area contributed by atoms with Crippen LogP contribution in [0.4, 0.5) is 8.78 Å². The van der Waals surface area contributed by atoms with Crippen LogP contribution in [0.3, 0.4) is 0 Å². The van der Waals surface area contributed by atoms with Crippen molar-refractivity contribution in [3.05, 3.63) is 35.4 Å². The van der Waals surface area contributed by atoms with Gasteiger partial charge in [-0.05, 0) is 19.1 Å². The van der Waals surface area contributed by atoms with Gasteiger partial charge in [-0.25, -0.2) is 13.6 Å². The summed E-state index contributed by atoms with van der Waals surface area (Å²) in [5.41, 5.74) is -0.373. The molecule has 0 fully saturated rings. The molecular formula is C9H8F2O2. The van der Waals surface area contributed by atoms with E-state index in [1.807, 2.05) is 0 Å². The number of rotatable bonds is 2. The molecule has 0 unspecified atom stereocenters. The largest absolute Gasteiger partial charge is 0.462 e. The smallest absolute Gasteiger partial charge is 0.341 e. The molecule has 0 heterocycles. The Balaban J connectivity index is 3.01. The number of halogens is 2. The number of benzene rings is 1. The van der Waals surface area contributed by atoms with Crippen LogP contribution in [0.25, 0.3) is 0 Å². The molecule has 0 N–H and O–H groups in total. The number of carbonyl (C=O) groups is 1. The van der Waals surface area contributed by atoms with Gasteiger partial charge in [0.2, 0.25) is 0 Å². The van der Waals surface area contributed by atoms with Gasteiger partial charge in [-0.1, -0.05) is 6.07 Å². The van der Waals surface area contributed by atoms with E-state index in [1.165, 1.54) is 12.1 Å². The van der Waals surface area contributed by atoms with Crippen molar-refractivity contribution in [3.8, 4) is 0 Å². The van der Waals surface area contributed by atoms with Crippen LogP contribution < -0.4 is 0 Å². The molecule has 1 aromatic carbocycles. The highest BCUT2D eigenvalue weighted by Crippen LogP contribution is 2.12. The zero-order valence-electron chi connectivity index (χ0n) is 7.01. The summed E-state index contributed by atoms with van der Waals surface area (Å²) in [4.78, 5) is 11.0. The van der Waals surface area contributed by atoms with E-state index in [0.717, 1.165) is 6.07 Å². The lowest BCUT2D eigenvalue weighted by Crippen LogP contribution is -2.08. The van der Waals surface area contributed by atoms with Gasteiger partial charge in [0, 0.05) is 0 Å². The fourth-order valence-corrected chi connectivity index (χ4v) is 0.870. The van der Waals surface area contributed by atoms with E-state index in [4.69, 9.17) is 0 Å². The average molecular weight is 186 g/mol. The van der Waals surface area contributed by atoms with Gasteiger partial charge >= 0.3 is 5.97 Å². The van der Waals surface area contributed by atoms with Gasteiger partial charge in [-0.3, -0.25) is 0 Å². The number of carbonyl (C=O) groups excluding carboxylic acids is 1. The molecule has 0 saturated heterocycles. The maximum atomic E-state index is 12.9. The van der Waals surface area contributed by atoms with Crippen LogP contribution in [0.1, 0.15) is 17.3 Å². The normalized spacial score (nSPS) is 9.77. The standard InChI is InChI=1S/C9H8F2O2/c1-2-13-9(12)6-4-3-5-7(10)8(6)11/h3-5H,2H2,1H3. The van der Waals surface area contributed by atoms with Crippen molar-refractivity contribution < 1.29 is 18.3 Å². The molecule has 70 valence electrons. The maximum Gasteiger partial charge on any atom is 0.341 e. The van der Waals surface area contributed by atoms with Gasteiger partial charge in [0.25, 0.3) is 0 Å². The molecule has 0 spiro atoms. The molecular weight excluding hydrogens is 178 g/mol. The van der Waals surface area contributed by atoms with Crippen molar-refractivity contribution in [3.63, 3.8) is 0 Å². The third-order valence-corrected chi connectivity index (χ3v) is 1.45. The lowest BCUT2D eigenvalue weighted by atomic mass is 10.2. The third kappa shape index (κ3) is 2.02. The van der Waals surface area contributed by atoms with Gasteiger partial charge in [0.1, 0.15) is 0 Å². The molecule has 0 aliphatic carbocycles. The van der Waals surface area contributed by atoms with Gasteiger partial charge in [0.15, 0.2) is 11.6 Å². The summed E-state index contributed by atoms with van der Waals surface area (Å²) in [5, 5.41) is 0. The minimum absolute atomic E-state index is 0.134.